The van der Waals surface area contributed by atoms with Gasteiger partial charge in [0.15, 0.2) is 0 Å². The highest BCUT2D eigenvalue weighted by molar-refractivity contribution is 5.79. The zero-order valence-corrected chi connectivity index (χ0v) is 12.2. The molecule has 3 unspecified atom stereocenters. The van der Waals surface area contributed by atoms with Crippen molar-refractivity contribution in [1.82, 2.24) is 15.5 Å². The first-order valence-electron chi connectivity index (χ1n) is 7.51. The van der Waals surface area contributed by atoms with Crippen molar-refractivity contribution in [1.29, 1.82) is 0 Å². The summed E-state index contributed by atoms with van der Waals surface area (Å²) in [5.41, 5.74) is 0. The third kappa shape index (κ3) is 4.75. The van der Waals surface area contributed by atoms with Crippen LogP contribution in [0.5, 0.6) is 0 Å². The number of nitrogens with zero attached hydrogens (tertiary/aromatic N) is 1. The smallest absolute Gasteiger partial charge is 0.224 e. The van der Waals surface area contributed by atoms with Crippen LogP contribution in [0.4, 0.5) is 0 Å². The second-order valence-corrected chi connectivity index (χ2v) is 5.85. The predicted molar refractivity (Wildman–Crippen MR) is 75.1 cm³/mol. The van der Waals surface area contributed by atoms with Gasteiger partial charge in [0.25, 0.3) is 0 Å². The molecule has 2 heterocycles. The average molecular weight is 269 g/mol. The molecule has 3 atom stereocenters. The molecule has 0 aliphatic carbocycles. The van der Waals surface area contributed by atoms with Gasteiger partial charge in [0.05, 0.1) is 18.1 Å². The molecule has 0 radical (unpaired) electrons. The van der Waals surface area contributed by atoms with E-state index in [0.29, 0.717) is 12.2 Å². The monoisotopic (exact) mass is 269 g/mol. The molecule has 2 rings (SSSR count). The first-order chi connectivity index (χ1) is 9.15. The summed E-state index contributed by atoms with van der Waals surface area (Å²) in [6, 6.07) is 0. The van der Waals surface area contributed by atoms with Gasteiger partial charge in [-0.25, -0.2) is 0 Å². The molecular formula is C14H27N3O2. The quantitative estimate of drug-likeness (QED) is 0.701. The molecule has 2 N–H and O–H groups in total. The number of hydrogen-bond donors (Lipinski definition) is 2. The summed E-state index contributed by atoms with van der Waals surface area (Å²) in [6.45, 7) is 9.90. The van der Waals surface area contributed by atoms with Crippen LogP contribution in [0.3, 0.4) is 0 Å². The van der Waals surface area contributed by atoms with E-state index in [1.807, 2.05) is 0 Å². The number of rotatable bonds is 5. The maximum Gasteiger partial charge on any atom is 0.224 e. The summed E-state index contributed by atoms with van der Waals surface area (Å²) < 4.78 is 5.71. The SMILES string of the molecule is CC1CN(CCCNC(=O)C2CCNC2)CC(C)O1. The zero-order chi connectivity index (χ0) is 13.7. The molecule has 2 aliphatic heterocycles. The van der Waals surface area contributed by atoms with E-state index < -0.39 is 0 Å². The molecule has 19 heavy (non-hydrogen) atoms. The van der Waals surface area contributed by atoms with Crippen LogP contribution in [-0.2, 0) is 9.53 Å². The van der Waals surface area contributed by atoms with Crippen LogP contribution in [0, 0.1) is 5.92 Å². The van der Waals surface area contributed by atoms with Gasteiger partial charge in [0.1, 0.15) is 0 Å². The highest BCUT2D eigenvalue weighted by Gasteiger charge is 2.23. The molecule has 0 aromatic heterocycles. The molecule has 5 nitrogen and oxygen atoms in total. The molecule has 2 fully saturated rings. The number of ether oxygens (including phenoxy) is 1. The molecule has 1 amide bonds. The number of morpholine rings is 1. The third-order valence-corrected chi connectivity index (χ3v) is 3.88. The Bertz CT molecular complexity index is 282. The summed E-state index contributed by atoms with van der Waals surface area (Å²) in [5.74, 6) is 0.400. The molecule has 0 saturated carbocycles. The minimum absolute atomic E-state index is 0.184. The maximum absolute atomic E-state index is 11.8. The van der Waals surface area contributed by atoms with E-state index >= 15 is 0 Å². The second kappa shape index (κ2) is 7.22. The Hall–Kier alpha value is -0.650. The number of carbonyl (C=O) groups excluding carboxylic acids is 1. The summed E-state index contributed by atoms with van der Waals surface area (Å²) in [7, 11) is 0. The Kier molecular flexibility index (Phi) is 5.60. The van der Waals surface area contributed by atoms with Gasteiger partial charge < -0.3 is 15.4 Å². The van der Waals surface area contributed by atoms with Crippen LogP contribution in [0.15, 0.2) is 0 Å². The Morgan fingerprint density at radius 1 is 1.37 bits per heavy atom. The minimum atomic E-state index is 0.184. The predicted octanol–water partition coefficient (Wildman–Crippen LogP) is 0.211. The van der Waals surface area contributed by atoms with Crippen molar-refractivity contribution in [2.75, 3.05) is 39.3 Å². The van der Waals surface area contributed by atoms with Gasteiger partial charge in [0.2, 0.25) is 5.91 Å². The third-order valence-electron chi connectivity index (χ3n) is 3.88. The Labute approximate surface area is 116 Å². The Balaban J connectivity index is 1.57. The molecule has 0 aromatic carbocycles. The van der Waals surface area contributed by atoms with Gasteiger partial charge in [-0.3, -0.25) is 9.69 Å². The topological polar surface area (TPSA) is 53.6 Å². The summed E-state index contributed by atoms with van der Waals surface area (Å²) in [4.78, 5) is 14.2. The van der Waals surface area contributed by atoms with Crippen molar-refractivity contribution in [2.24, 2.45) is 5.92 Å². The number of carbonyl (C=O) groups is 1. The zero-order valence-electron chi connectivity index (χ0n) is 12.2. The van der Waals surface area contributed by atoms with Crippen LogP contribution in [0.2, 0.25) is 0 Å². The van der Waals surface area contributed by atoms with Crippen LogP contribution in [0.1, 0.15) is 26.7 Å². The van der Waals surface area contributed by atoms with Crippen LogP contribution < -0.4 is 10.6 Å². The van der Waals surface area contributed by atoms with Gasteiger partial charge in [-0.1, -0.05) is 0 Å². The van der Waals surface area contributed by atoms with Crippen molar-refractivity contribution < 1.29 is 9.53 Å². The van der Waals surface area contributed by atoms with E-state index in [-0.39, 0.29) is 11.8 Å². The van der Waals surface area contributed by atoms with E-state index in [0.717, 1.165) is 52.1 Å². The molecular weight excluding hydrogens is 242 g/mol. The molecule has 2 saturated heterocycles. The highest BCUT2D eigenvalue weighted by Crippen LogP contribution is 2.10. The molecule has 5 heteroatoms. The molecule has 0 aromatic rings. The normalized spacial score (nSPS) is 32.4. The van der Waals surface area contributed by atoms with Gasteiger partial charge in [-0.15, -0.1) is 0 Å². The second-order valence-electron chi connectivity index (χ2n) is 5.85. The lowest BCUT2D eigenvalue weighted by Gasteiger charge is -2.35. The van der Waals surface area contributed by atoms with Crippen LogP contribution in [-0.4, -0.2) is 62.3 Å². The molecule has 0 bridgehead atoms. The largest absolute Gasteiger partial charge is 0.373 e. The molecule has 0 spiro atoms. The Morgan fingerprint density at radius 2 is 2.11 bits per heavy atom. The van der Waals surface area contributed by atoms with E-state index in [1.165, 1.54) is 0 Å². The van der Waals surface area contributed by atoms with E-state index in [9.17, 15) is 4.79 Å². The van der Waals surface area contributed by atoms with E-state index in [4.69, 9.17) is 4.74 Å². The summed E-state index contributed by atoms with van der Waals surface area (Å²) in [6.07, 6.45) is 2.64. The lowest BCUT2D eigenvalue weighted by Crippen LogP contribution is -2.46. The number of nitrogens with one attached hydrogen (secondary N) is 2. The highest BCUT2D eigenvalue weighted by atomic mass is 16.5. The first-order valence-corrected chi connectivity index (χ1v) is 7.51. The summed E-state index contributed by atoms with van der Waals surface area (Å²) >= 11 is 0. The fourth-order valence-corrected chi connectivity index (χ4v) is 3.00. The number of amides is 1. The Morgan fingerprint density at radius 3 is 2.74 bits per heavy atom. The van der Waals surface area contributed by atoms with Crippen molar-refractivity contribution >= 4 is 5.91 Å². The maximum atomic E-state index is 11.8. The average Bonchev–Trinajstić information content (AvgIpc) is 2.87. The lowest BCUT2D eigenvalue weighted by atomic mass is 10.1. The summed E-state index contributed by atoms with van der Waals surface area (Å²) in [5, 5.41) is 6.27. The van der Waals surface area contributed by atoms with Gasteiger partial charge >= 0.3 is 0 Å². The van der Waals surface area contributed by atoms with Crippen molar-refractivity contribution in [3.63, 3.8) is 0 Å². The standard InChI is InChI=1S/C14H27N3O2/c1-11-9-17(10-12(2)19-11)7-3-5-16-14(18)13-4-6-15-8-13/h11-13,15H,3-10H2,1-2H3,(H,16,18). The number of hydrogen-bond acceptors (Lipinski definition) is 4. The van der Waals surface area contributed by atoms with Gasteiger partial charge in [-0.2, -0.15) is 0 Å². The van der Waals surface area contributed by atoms with Gasteiger partial charge in [-0.05, 0) is 33.2 Å². The minimum Gasteiger partial charge on any atom is -0.373 e. The van der Waals surface area contributed by atoms with Crippen LogP contribution in [0.25, 0.3) is 0 Å². The molecule has 110 valence electrons. The van der Waals surface area contributed by atoms with Crippen molar-refractivity contribution in [3.8, 4) is 0 Å². The van der Waals surface area contributed by atoms with Crippen molar-refractivity contribution in [3.05, 3.63) is 0 Å². The van der Waals surface area contributed by atoms with Crippen LogP contribution >= 0.6 is 0 Å². The lowest BCUT2D eigenvalue weighted by molar-refractivity contribution is -0.124. The molecule has 2 aliphatic rings. The fourth-order valence-electron chi connectivity index (χ4n) is 3.00. The van der Waals surface area contributed by atoms with E-state index in [2.05, 4.69) is 29.4 Å². The van der Waals surface area contributed by atoms with Gasteiger partial charge in [0, 0.05) is 32.7 Å². The first kappa shape index (κ1) is 14.8. The fraction of sp³-hybridized carbons (Fsp3) is 0.929. The van der Waals surface area contributed by atoms with Crippen molar-refractivity contribution in [2.45, 2.75) is 38.9 Å². The van der Waals surface area contributed by atoms with E-state index in [1.54, 1.807) is 0 Å².